The topological polar surface area (TPSA) is 37.8 Å². The van der Waals surface area contributed by atoms with Crippen LogP contribution in [-0.2, 0) is 6.54 Å². The maximum absolute atomic E-state index is 14.0. The minimum absolute atomic E-state index is 0.189. The maximum atomic E-state index is 14.0. The predicted octanol–water partition coefficient (Wildman–Crippen LogP) is 3.57. The second-order valence-corrected chi connectivity index (χ2v) is 5.55. The van der Waals surface area contributed by atoms with E-state index in [-0.39, 0.29) is 5.82 Å². The van der Waals surface area contributed by atoms with Gasteiger partial charge in [-0.3, -0.25) is 0 Å². The molecule has 0 unspecified atom stereocenters. The number of aryl methyl sites for hydroxylation is 1. The first-order chi connectivity index (χ1) is 9.70. The van der Waals surface area contributed by atoms with E-state index in [1.807, 2.05) is 13.0 Å². The summed E-state index contributed by atoms with van der Waals surface area (Å²) >= 11 is 1.39. The molecule has 0 saturated carbocycles. The molecule has 1 N–H and O–H groups in total. The van der Waals surface area contributed by atoms with Crippen LogP contribution >= 0.6 is 11.8 Å². The third-order valence-electron chi connectivity index (χ3n) is 2.76. The molecule has 0 amide bonds. The van der Waals surface area contributed by atoms with Crippen molar-refractivity contribution in [2.75, 3.05) is 6.54 Å². The number of nitrogens with zero attached hydrogens (tertiary/aromatic N) is 2. The lowest BCUT2D eigenvalue weighted by Gasteiger charge is -2.10. The van der Waals surface area contributed by atoms with Crippen molar-refractivity contribution in [3.05, 3.63) is 47.5 Å². The van der Waals surface area contributed by atoms with Gasteiger partial charge in [0.25, 0.3) is 0 Å². The molecule has 0 bridgehead atoms. The van der Waals surface area contributed by atoms with Crippen molar-refractivity contribution in [3.8, 4) is 0 Å². The van der Waals surface area contributed by atoms with E-state index in [0.29, 0.717) is 17.3 Å². The highest BCUT2D eigenvalue weighted by atomic mass is 32.2. The van der Waals surface area contributed by atoms with Crippen LogP contribution in [0.5, 0.6) is 0 Å². The number of halogens is 1. The van der Waals surface area contributed by atoms with E-state index < -0.39 is 0 Å². The number of hydrogen-bond donors (Lipinski definition) is 1. The Morgan fingerprint density at radius 1 is 1.25 bits per heavy atom. The molecule has 0 spiro atoms. The average Bonchev–Trinajstić information content (AvgIpc) is 2.44. The summed E-state index contributed by atoms with van der Waals surface area (Å²) in [6, 6.07) is 5.11. The zero-order valence-corrected chi connectivity index (χ0v) is 12.5. The standard InChI is InChI=1S/C15H18FN3S/c1-3-7-17-10-12-13(16)5-4-6-14(12)20-15-18-8-11(2)9-19-15/h4-6,8-9,17H,3,7,10H2,1-2H3. The summed E-state index contributed by atoms with van der Waals surface area (Å²) in [4.78, 5) is 9.36. The summed E-state index contributed by atoms with van der Waals surface area (Å²) in [6.45, 7) is 5.43. The lowest BCUT2D eigenvalue weighted by atomic mass is 10.2. The SMILES string of the molecule is CCCNCc1c(F)cccc1Sc1ncc(C)cn1. The molecule has 0 atom stereocenters. The Bertz CT molecular complexity index is 558. The summed E-state index contributed by atoms with van der Waals surface area (Å²) in [5.74, 6) is -0.189. The minimum atomic E-state index is -0.189. The van der Waals surface area contributed by atoms with Crippen LogP contribution in [0, 0.1) is 12.7 Å². The van der Waals surface area contributed by atoms with Gasteiger partial charge in [-0.15, -0.1) is 0 Å². The summed E-state index contributed by atoms with van der Waals surface area (Å²) in [7, 11) is 0. The van der Waals surface area contributed by atoms with Gasteiger partial charge in [-0.1, -0.05) is 13.0 Å². The van der Waals surface area contributed by atoms with Crippen molar-refractivity contribution in [1.82, 2.24) is 15.3 Å². The van der Waals surface area contributed by atoms with Gasteiger partial charge >= 0.3 is 0 Å². The van der Waals surface area contributed by atoms with E-state index in [0.717, 1.165) is 23.4 Å². The van der Waals surface area contributed by atoms with E-state index in [1.165, 1.54) is 17.8 Å². The van der Waals surface area contributed by atoms with Gasteiger partial charge < -0.3 is 5.32 Å². The summed E-state index contributed by atoms with van der Waals surface area (Å²) in [5.41, 5.74) is 1.69. The highest BCUT2D eigenvalue weighted by Gasteiger charge is 2.10. The molecule has 3 nitrogen and oxygen atoms in total. The molecule has 20 heavy (non-hydrogen) atoms. The van der Waals surface area contributed by atoms with Crippen LogP contribution in [0.1, 0.15) is 24.5 Å². The van der Waals surface area contributed by atoms with Crippen LogP contribution in [0.15, 0.2) is 40.6 Å². The van der Waals surface area contributed by atoms with Crippen LogP contribution in [0.4, 0.5) is 4.39 Å². The fourth-order valence-corrected chi connectivity index (χ4v) is 2.57. The van der Waals surface area contributed by atoms with E-state index in [9.17, 15) is 4.39 Å². The molecule has 0 aliphatic rings. The number of rotatable bonds is 6. The predicted molar refractivity (Wildman–Crippen MR) is 79.3 cm³/mol. The van der Waals surface area contributed by atoms with Crippen molar-refractivity contribution in [3.63, 3.8) is 0 Å². The zero-order valence-electron chi connectivity index (χ0n) is 11.7. The first-order valence-electron chi connectivity index (χ1n) is 6.65. The second kappa shape index (κ2) is 7.36. The van der Waals surface area contributed by atoms with Gasteiger partial charge in [0.1, 0.15) is 5.82 Å². The number of aromatic nitrogens is 2. The average molecular weight is 291 g/mol. The molecule has 1 heterocycles. The Kier molecular flexibility index (Phi) is 5.49. The van der Waals surface area contributed by atoms with Gasteiger partial charge in [0, 0.05) is 29.4 Å². The second-order valence-electron chi connectivity index (χ2n) is 4.54. The first kappa shape index (κ1) is 14.9. The Balaban J connectivity index is 2.17. The molecule has 0 fully saturated rings. The van der Waals surface area contributed by atoms with Crippen LogP contribution in [0.25, 0.3) is 0 Å². The van der Waals surface area contributed by atoms with Crippen LogP contribution in [0.3, 0.4) is 0 Å². The molecule has 0 saturated heterocycles. The molecular formula is C15H18FN3S. The summed E-state index contributed by atoms with van der Waals surface area (Å²) < 4.78 is 14.0. The van der Waals surface area contributed by atoms with Crippen molar-refractivity contribution in [2.45, 2.75) is 36.9 Å². The van der Waals surface area contributed by atoms with Crippen molar-refractivity contribution in [1.29, 1.82) is 0 Å². The lowest BCUT2D eigenvalue weighted by Crippen LogP contribution is -2.15. The number of hydrogen-bond acceptors (Lipinski definition) is 4. The summed E-state index contributed by atoms with van der Waals surface area (Å²) in [6.07, 6.45) is 4.56. The van der Waals surface area contributed by atoms with Gasteiger partial charge in [-0.25, -0.2) is 14.4 Å². The molecule has 5 heteroatoms. The molecule has 1 aromatic carbocycles. The van der Waals surface area contributed by atoms with Crippen LogP contribution in [0.2, 0.25) is 0 Å². The Morgan fingerprint density at radius 2 is 2.00 bits per heavy atom. The third kappa shape index (κ3) is 4.02. The van der Waals surface area contributed by atoms with E-state index in [2.05, 4.69) is 22.2 Å². The molecule has 0 aliphatic heterocycles. The fourth-order valence-electron chi connectivity index (χ4n) is 1.73. The quantitative estimate of drug-likeness (QED) is 0.652. The first-order valence-corrected chi connectivity index (χ1v) is 7.47. The monoisotopic (exact) mass is 291 g/mol. The van der Waals surface area contributed by atoms with E-state index in [4.69, 9.17) is 0 Å². The molecule has 2 aromatic rings. The largest absolute Gasteiger partial charge is 0.313 e. The smallest absolute Gasteiger partial charge is 0.192 e. The van der Waals surface area contributed by atoms with Crippen LogP contribution in [-0.4, -0.2) is 16.5 Å². The van der Waals surface area contributed by atoms with Crippen molar-refractivity contribution < 1.29 is 4.39 Å². The highest BCUT2D eigenvalue weighted by Crippen LogP contribution is 2.29. The zero-order chi connectivity index (χ0) is 14.4. The van der Waals surface area contributed by atoms with E-state index >= 15 is 0 Å². The summed E-state index contributed by atoms with van der Waals surface area (Å²) in [5, 5.41) is 3.87. The number of nitrogens with one attached hydrogen (secondary N) is 1. The fraction of sp³-hybridized carbons (Fsp3) is 0.333. The van der Waals surface area contributed by atoms with Gasteiger partial charge in [0.2, 0.25) is 0 Å². The van der Waals surface area contributed by atoms with Crippen molar-refractivity contribution >= 4 is 11.8 Å². The van der Waals surface area contributed by atoms with Gasteiger partial charge in [-0.2, -0.15) is 0 Å². The molecule has 1 aromatic heterocycles. The normalized spacial score (nSPS) is 10.8. The van der Waals surface area contributed by atoms with Gasteiger partial charge in [0.05, 0.1) is 0 Å². The Hall–Kier alpha value is -1.46. The molecule has 106 valence electrons. The molecule has 0 aliphatic carbocycles. The molecule has 0 radical (unpaired) electrons. The minimum Gasteiger partial charge on any atom is -0.313 e. The van der Waals surface area contributed by atoms with Crippen molar-refractivity contribution in [2.24, 2.45) is 0 Å². The maximum Gasteiger partial charge on any atom is 0.192 e. The van der Waals surface area contributed by atoms with E-state index in [1.54, 1.807) is 18.5 Å². The lowest BCUT2D eigenvalue weighted by molar-refractivity contribution is 0.578. The Morgan fingerprint density at radius 3 is 2.70 bits per heavy atom. The van der Waals surface area contributed by atoms with Gasteiger partial charge in [-0.05, 0) is 49.3 Å². The third-order valence-corrected chi connectivity index (χ3v) is 3.76. The van der Waals surface area contributed by atoms with Gasteiger partial charge in [0.15, 0.2) is 5.16 Å². The molecule has 2 rings (SSSR count). The molecular weight excluding hydrogens is 273 g/mol. The highest BCUT2D eigenvalue weighted by molar-refractivity contribution is 7.99. The number of benzene rings is 1. The van der Waals surface area contributed by atoms with Crippen LogP contribution < -0.4 is 5.32 Å². The Labute approximate surface area is 123 Å².